The van der Waals surface area contributed by atoms with Gasteiger partial charge < -0.3 is 5.32 Å². The van der Waals surface area contributed by atoms with Gasteiger partial charge in [0, 0.05) is 18.3 Å². The summed E-state index contributed by atoms with van der Waals surface area (Å²) in [7, 11) is -1.50. The molecule has 0 spiro atoms. The molecule has 0 radical (unpaired) electrons. The van der Waals surface area contributed by atoms with Gasteiger partial charge in [0.25, 0.3) is 0 Å². The highest BCUT2D eigenvalue weighted by Gasteiger charge is 2.11. The SMILES string of the molecule is CC(C)NCCS(=O)c1cc(F)ccc1F. The Morgan fingerprint density at radius 1 is 1.38 bits per heavy atom. The first-order chi connectivity index (χ1) is 7.50. The molecule has 0 aliphatic carbocycles. The zero-order chi connectivity index (χ0) is 12.1. The van der Waals surface area contributed by atoms with Crippen molar-refractivity contribution < 1.29 is 13.0 Å². The van der Waals surface area contributed by atoms with Crippen molar-refractivity contribution in [1.29, 1.82) is 0 Å². The Bertz CT molecular complexity index is 382. The molecular formula is C11H15F2NOS. The summed E-state index contributed by atoms with van der Waals surface area (Å²) in [5.74, 6) is -0.913. The number of halogens is 2. The highest BCUT2D eigenvalue weighted by molar-refractivity contribution is 7.85. The Balaban J connectivity index is 2.62. The molecule has 1 aromatic carbocycles. The second kappa shape index (κ2) is 6.06. The number of hydrogen-bond donors (Lipinski definition) is 1. The molecule has 0 aromatic heterocycles. The summed E-state index contributed by atoms with van der Waals surface area (Å²) >= 11 is 0. The monoisotopic (exact) mass is 247 g/mol. The van der Waals surface area contributed by atoms with Gasteiger partial charge in [-0.1, -0.05) is 13.8 Å². The van der Waals surface area contributed by atoms with Crippen molar-refractivity contribution in [3.8, 4) is 0 Å². The van der Waals surface area contributed by atoms with Gasteiger partial charge in [-0.15, -0.1) is 0 Å². The molecule has 1 N–H and O–H groups in total. The molecule has 1 rings (SSSR count). The average Bonchev–Trinajstić information content (AvgIpc) is 2.21. The Morgan fingerprint density at radius 3 is 2.69 bits per heavy atom. The fraction of sp³-hybridized carbons (Fsp3) is 0.455. The Morgan fingerprint density at radius 2 is 2.06 bits per heavy atom. The van der Waals surface area contributed by atoms with Gasteiger partial charge in [0.2, 0.25) is 0 Å². The molecule has 1 aromatic rings. The molecule has 0 saturated carbocycles. The van der Waals surface area contributed by atoms with Crippen LogP contribution in [0, 0.1) is 11.6 Å². The van der Waals surface area contributed by atoms with Crippen LogP contribution in [0.25, 0.3) is 0 Å². The van der Waals surface area contributed by atoms with Crippen LogP contribution in [-0.2, 0) is 10.8 Å². The van der Waals surface area contributed by atoms with E-state index in [4.69, 9.17) is 0 Å². The average molecular weight is 247 g/mol. The summed E-state index contributed by atoms with van der Waals surface area (Å²) in [5, 5.41) is 3.07. The quantitative estimate of drug-likeness (QED) is 0.863. The molecule has 0 saturated heterocycles. The molecule has 16 heavy (non-hydrogen) atoms. The van der Waals surface area contributed by atoms with Crippen LogP contribution in [-0.4, -0.2) is 22.5 Å². The van der Waals surface area contributed by atoms with Crippen LogP contribution in [0.1, 0.15) is 13.8 Å². The molecule has 0 aliphatic rings. The molecule has 1 unspecified atom stereocenters. The van der Waals surface area contributed by atoms with Crippen molar-refractivity contribution in [2.75, 3.05) is 12.3 Å². The van der Waals surface area contributed by atoms with Gasteiger partial charge in [-0.25, -0.2) is 8.78 Å². The maximum atomic E-state index is 13.2. The Labute approximate surface area is 96.5 Å². The first-order valence-corrected chi connectivity index (χ1v) is 6.39. The standard InChI is InChI=1S/C11H15F2NOS/c1-8(2)14-5-6-16(15)11-7-9(12)3-4-10(11)13/h3-4,7-8,14H,5-6H2,1-2H3. The lowest BCUT2D eigenvalue weighted by Gasteiger charge is -2.08. The summed E-state index contributed by atoms with van der Waals surface area (Å²) < 4.78 is 37.7. The van der Waals surface area contributed by atoms with Gasteiger partial charge in [0.05, 0.1) is 15.7 Å². The van der Waals surface area contributed by atoms with Crippen LogP contribution >= 0.6 is 0 Å². The molecule has 5 heteroatoms. The topological polar surface area (TPSA) is 29.1 Å². The minimum atomic E-state index is -1.50. The van der Waals surface area contributed by atoms with E-state index in [0.29, 0.717) is 6.54 Å². The molecule has 0 aliphatic heterocycles. The maximum absolute atomic E-state index is 13.2. The van der Waals surface area contributed by atoms with Gasteiger partial charge in [0.15, 0.2) is 0 Å². The van der Waals surface area contributed by atoms with Crippen molar-refractivity contribution in [3.05, 3.63) is 29.8 Å². The molecule has 1 atom stereocenters. The van der Waals surface area contributed by atoms with E-state index in [1.54, 1.807) is 0 Å². The first-order valence-electron chi connectivity index (χ1n) is 5.07. The van der Waals surface area contributed by atoms with Crippen LogP contribution in [0.5, 0.6) is 0 Å². The zero-order valence-corrected chi connectivity index (χ0v) is 10.1. The summed E-state index contributed by atoms with van der Waals surface area (Å²) in [6.07, 6.45) is 0. The fourth-order valence-corrected chi connectivity index (χ4v) is 2.25. The zero-order valence-electron chi connectivity index (χ0n) is 9.30. The van der Waals surface area contributed by atoms with Gasteiger partial charge in [-0.3, -0.25) is 4.21 Å². The van der Waals surface area contributed by atoms with Gasteiger partial charge in [-0.05, 0) is 18.2 Å². The van der Waals surface area contributed by atoms with Crippen molar-refractivity contribution in [3.63, 3.8) is 0 Å². The van der Waals surface area contributed by atoms with Crippen LogP contribution in [0.2, 0.25) is 0 Å². The summed E-state index contributed by atoms with van der Waals surface area (Å²) in [6.45, 7) is 4.44. The Hall–Kier alpha value is -0.810. The first kappa shape index (κ1) is 13.3. The highest BCUT2D eigenvalue weighted by Crippen LogP contribution is 2.13. The van der Waals surface area contributed by atoms with Crippen molar-refractivity contribution >= 4 is 10.8 Å². The second-order valence-electron chi connectivity index (χ2n) is 3.73. The third-order valence-corrected chi connectivity index (χ3v) is 3.36. The van der Waals surface area contributed by atoms with E-state index in [1.807, 2.05) is 13.8 Å². The summed E-state index contributed by atoms with van der Waals surface area (Å²) in [4.78, 5) is -0.0643. The van der Waals surface area contributed by atoms with Crippen molar-refractivity contribution in [1.82, 2.24) is 5.32 Å². The lowest BCUT2D eigenvalue weighted by atomic mass is 10.3. The minimum absolute atomic E-state index is 0.0643. The summed E-state index contributed by atoms with van der Waals surface area (Å²) in [6, 6.07) is 3.29. The molecule has 0 bridgehead atoms. The number of hydrogen-bond acceptors (Lipinski definition) is 2. The normalized spacial score (nSPS) is 13.1. The van der Waals surface area contributed by atoms with Crippen LogP contribution in [0.4, 0.5) is 8.78 Å². The van der Waals surface area contributed by atoms with Gasteiger partial charge in [0.1, 0.15) is 11.6 Å². The number of nitrogens with one attached hydrogen (secondary N) is 1. The molecule has 2 nitrogen and oxygen atoms in total. The van der Waals surface area contributed by atoms with Gasteiger partial charge in [-0.2, -0.15) is 0 Å². The van der Waals surface area contributed by atoms with E-state index in [-0.39, 0.29) is 16.7 Å². The van der Waals surface area contributed by atoms with E-state index in [1.165, 1.54) is 0 Å². The van der Waals surface area contributed by atoms with Gasteiger partial charge >= 0.3 is 0 Å². The maximum Gasteiger partial charge on any atom is 0.139 e. The predicted molar refractivity (Wildman–Crippen MR) is 60.8 cm³/mol. The van der Waals surface area contributed by atoms with Crippen LogP contribution in [0.3, 0.4) is 0 Å². The van der Waals surface area contributed by atoms with E-state index in [9.17, 15) is 13.0 Å². The third-order valence-electron chi connectivity index (χ3n) is 1.98. The molecular weight excluding hydrogens is 232 g/mol. The van der Waals surface area contributed by atoms with E-state index in [0.717, 1.165) is 18.2 Å². The summed E-state index contributed by atoms with van der Waals surface area (Å²) in [5.41, 5.74) is 0. The van der Waals surface area contributed by atoms with Crippen molar-refractivity contribution in [2.45, 2.75) is 24.8 Å². The second-order valence-corrected chi connectivity index (χ2v) is 5.27. The minimum Gasteiger partial charge on any atom is -0.314 e. The smallest absolute Gasteiger partial charge is 0.139 e. The highest BCUT2D eigenvalue weighted by atomic mass is 32.2. The third kappa shape index (κ3) is 3.98. The van der Waals surface area contributed by atoms with E-state index >= 15 is 0 Å². The molecule has 0 fully saturated rings. The molecule has 0 amide bonds. The van der Waals surface area contributed by atoms with Crippen LogP contribution < -0.4 is 5.32 Å². The number of benzene rings is 1. The lowest BCUT2D eigenvalue weighted by molar-refractivity contribution is 0.570. The largest absolute Gasteiger partial charge is 0.314 e. The van der Waals surface area contributed by atoms with Crippen molar-refractivity contribution in [2.24, 2.45) is 0 Å². The molecule has 90 valence electrons. The van der Waals surface area contributed by atoms with E-state index < -0.39 is 22.4 Å². The predicted octanol–water partition coefficient (Wildman–Crippen LogP) is 2.07. The molecule has 0 heterocycles. The van der Waals surface area contributed by atoms with Crippen LogP contribution in [0.15, 0.2) is 23.1 Å². The fourth-order valence-electron chi connectivity index (χ4n) is 1.20. The lowest BCUT2D eigenvalue weighted by Crippen LogP contribution is -2.27. The number of rotatable bonds is 5. The van der Waals surface area contributed by atoms with E-state index in [2.05, 4.69) is 5.32 Å². The Kier molecular flexibility index (Phi) is 5.02.